The molecule has 7 nitrogen and oxygen atoms in total. The summed E-state index contributed by atoms with van der Waals surface area (Å²) in [5.41, 5.74) is 3.86. The van der Waals surface area contributed by atoms with Gasteiger partial charge < -0.3 is 9.80 Å². The van der Waals surface area contributed by atoms with Crippen LogP contribution in [0, 0.1) is 13.8 Å². The number of hydrogen-bond donors (Lipinski definition) is 0. The highest BCUT2D eigenvalue weighted by atomic mass is 16.2. The molecule has 2 saturated heterocycles. The molecule has 2 aromatic rings. The number of benzene rings is 1. The SMILES string of the molecule is Cc1ccc(C(=O)N2CC(n3cc(CN4CCCC4=O)nn3)C2)cc1C. The molecule has 2 amide bonds. The summed E-state index contributed by atoms with van der Waals surface area (Å²) >= 11 is 0. The third-order valence-corrected chi connectivity index (χ3v) is 5.36. The van der Waals surface area contributed by atoms with Crippen LogP contribution in [0.1, 0.15) is 46.1 Å². The highest BCUT2D eigenvalue weighted by molar-refractivity contribution is 5.95. The van der Waals surface area contributed by atoms with Crippen LogP contribution in [0.4, 0.5) is 0 Å². The zero-order chi connectivity index (χ0) is 18.3. The molecule has 2 fully saturated rings. The molecule has 2 aliphatic heterocycles. The normalized spacial score (nSPS) is 17.7. The molecule has 136 valence electrons. The Hall–Kier alpha value is -2.70. The van der Waals surface area contributed by atoms with Crippen LogP contribution in [0.25, 0.3) is 0 Å². The number of rotatable bonds is 4. The first-order valence-corrected chi connectivity index (χ1v) is 9.06. The zero-order valence-electron chi connectivity index (χ0n) is 15.2. The van der Waals surface area contributed by atoms with Crippen LogP contribution in [-0.4, -0.2) is 56.2 Å². The Morgan fingerprint density at radius 1 is 1.23 bits per heavy atom. The van der Waals surface area contributed by atoms with Crippen molar-refractivity contribution >= 4 is 11.8 Å². The van der Waals surface area contributed by atoms with Crippen LogP contribution < -0.4 is 0 Å². The van der Waals surface area contributed by atoms with Gasteiger partial charge in [0.2, 0.25) is 5.91 Å². The number of aryl methyl sites for hydroxylation is 2. The molecule has 7 heteroatoms. The highest BCUT2D eigenvalue weighted by Gasteiger charge is 2.33. The van der Waals surface area contributed by atoms with E-state index in [1.54, 1.807) is 0 Å². The monoisotopic (exact) mass is 353 g/mol. The van der Waals surface area contributed by atoms with Gasteiger partial charge in [0.1, 0.15) is 5.69 Å². The van der Waals surface area contributed by atoms with Gasteiger partial charge in [-0.2, -0.15) is 0 Å². The van der Waals surface area contributed by atoms with Crippen molar-refractivity contribution in [1.29, 1.82) is 0 Å². The molecule has 1 aromatic carbocycles. The van der Waals surface area contributed by atoms with Crippen molar-refractivity contribution in [3.8, 4) is 0 Å². The van der Waals surface area contributed by atoms with Crippen molar-refractivity contribution < 1.29 is 9.59 Å². The zero-order valence-corrected chi connectivity index (χ0v) is 15.2. The summed E-state index contributed by atoms with van der Waals surface area (Å²) in [6.07, 6.45) is 3.45. The summed E-state index contributed by atoms with van der Waals surface area (Å²) in [5.74, 6) is 0.251. The number of carbonyl (C=O) groups excluding carboxylic acids is 2. The van der Waals surface area contributed by atoms with Gasteiger partial charge in [-0.25, -0.2) is 4.68 Å². The van der Waals surface area contributed by atoms with Gasteiger partial charge in [-0.3, -0.25) is 9.59 Å². The van der Waals surface area contributed by atoms with Crippen molar-refractivity contribution in [3.63, 3.8) is 0 Å². The van der Waals surface area contributed by atoms with Crippen LogP contribution >= 0.6 is 0 Å². The van der Waals surface area contributed by atoms with E-state index in [2.05, 4.69) is 10.3 Å². The summed E-state index contributed by atoms with van der Waals surface area (Å²) < 4.78 is 1.82. The fraction of sp³-hybridized carbons (Fsp3) is 0.474. The van der Waals surface area contributed by atoms with Crippen molar-refractivity contribution in [2.75, 3.05) is 19.6 Å². The minimum atomic E-state index is 0.0624. The van der Waals surface area contributed by atoms with Crippen LogP contribution in [0.15, 0.2) is 24.4 Å². The second-order valence-electron chi connectivity index (χ2n) is 7.27. The molecule has 0 saturated carbocycles. The molecule has 1 aromatic heterocycles. The Kier molecular flexibility index (Phi) is 4.22. The lowest BCUT2D eigenvalue weighted by Gasteiger charge is -2.39. The van der Waals surface area contributed by atoms with E-state index in [0.717, 1.165) is 29.8 Å². The quantitative estimate of drug-likeness (QED) is 0.839. The first-order valence-electron chi connectivity index (χ1n) is 9.06. The topological polar surface area (TPSA) is 71.3 Å². The summed E-state index contributed by atoms with van der Waals surface area (Å²) in [7, 11) is 0. The number of likely N-dealkylation sites (tertiary alicyclic amines) is 2. The van der Waals surface area contributed by atoms with Gasteiger partial charge in [0, 0.05) is 31.6 Å². The van der Waals surface area contributed by atoms with Crippen molar-refractivity contribution in [2.24, 2.45) is 0 Å². The van der Waals surface area contributed by atoms with Crippen LogP contribution in [0.5, 0.6) is 0 Å². The first-order chi connectivity index (χ1) is 12.5. The number of nitrogens with zero attached hydrogens (tertiary/aromatic N) is 5. The third-order valence-electron chi connectivity index (χ3n) is 5.36. The first kappa shape index (κ1) is 16.8. The molecule has 0 spiro atoms. The average molecular weight is 353 g/mol. The van der Waals surface area contributed by atoms with Gasteiger partial charge >= 0.3 is 0 Å². The van der Waals surface area contributed by atoms with Crippen LogP contribution in [-0.2, 0) is 11.3 Å². The number of aromatic nitrogens is 3. The van der Waals surface area contributed by atoms with E-state index in [-0.39, 0.29) is 17.9 Å². The standard InChI is InChI=1S/C19H23N5O2/c1-13-5-6-15(8-14(13)2)19(26)23-11-17(12-23)24-10-16(20-21-24)9-22-7-3-4-18(22)25/h5-6,8,10,17H,3-4,7,9,11-12H2,1-2H3. The number of hydrogen-bond acceptors (Lipinski definition) is 4. The summed E-state index contributed by atoms with van der Waals surface area (Å²) in [5, 5.41) is 8.37. The molecule has 0 aliphatic carbocycles. The fourth-order valence-electron chi connectivity index (χ4n) is 3.48. The highest BCUT2D eigenvalue weighted by Crippen LogP contribution is 2.24. The van der Waals surface area contributed by atoms with Crippen molar-refractivity contribution in [2.45, 2.75) is 39.3 Å². The molecule has 2 aliphatic rings. The molecule has 26 heavy (non-hydrogen) atoms. The van der Waals surface area contributed by atoms with E-state index >= 15 is 0 Å². The van der Waals surface area contributed by atoms with E-state index in [1.165, 1.54) is 5.56 Å². The molecule has 0 unspecified atom stereocenters. The second-order valence-corrected chi connectivity index (χ2v) is 7.27. The summed E-state index contributed by atoms with van der Waals surface area (Å²) in [4.78, 5) is 27.9. The number of carbonyl (C=O) groups is 2. The lowest BCUT2D eigenvalue weighted by molar-refractivity contribution is -0.128. The minimum absolute atomic E-state index is 0.0624. The van der Waals surface area contributed by atoms with E-state index in [4.69, 9.17) is 0 Å². The van der Waals surface area contributed by atoms with E-state index in [9.17, 15) is 9.59 Å². The average Bonchev–Trinajstić information content (AvgIpc) is 3.19. The van der Waals surface area contributed by atoms with Gasteiger partial charge in [0.15, 0.2) is 0 Å². The number of amides is 2. The van der Waals surface area contributed by atoms with Crippen molar-refractivity contribution in [1.82, 2.24) is 24.8 Å². The minimum Gasteiger partial charge on any atom is -0.337 e. The summed E-state index contributed by atoms with van der Waals surface area (Å²) in [6, 6.07) is 5.98. The lowest BCUT2D eigenvalue weighted by Crippen LogP contribution is -2.50. The Balaban J connectivity index is 1.35. The predicted molar refractivity (Wildman–Crippen MR) is 95.5 cm³/mol. The Bertz CT molecular complexity index is 853. The van der Waals surface area contributed by atoms with E-state index < -0.39 is 0 Å². The van der Waals surface area contributed by atoms with Gasteiger partial charge in [0.25, 0.3) is 5.91 Å². The van der Waals surface area contributed by atoms with Crippen LogP contribution in [0.2, 0.25) is 0 Å². The van der Waals surface area contributed by atoms with E-state index in [1.807, 2.05) is 52.7 Å². The largest absolute Gasteiger partial charge is 0.337 e. The molecular formula is C19H23N5O2. The fourth-order valence-corrected chi connectivity index (χ4v) is 3.48. The maximum Gasteiger partial charge on any atom is 0.254 e. The van der Waals surface area contributed by atoms with Crippen molar-refractivity contribution in [3.05, 3.63) is 46.8 Å². The maximum atomic E-state index is 12.6. The predicted octanol–water partition coefficient (Wildman–Crippen LogP) is 1.71. The van der Waals surface area contributed by atoms with Gasteiger partial charge in [-0.15, -0.1) is 5.10 Å². The maximum absolute atomic E-state index is 12.6. The smallest absolute Gasteiger partial charge is 0.254 e. The van der Waals surface area contributed by atoms with Gasteiger partial charge in [-0.1, -0.05) is 11.3 Å². The molecule has 4 rings (SSSR count). The summed E-state index contributed by atoms with van der Waals surface area (Å²) in [6.45, 7) is 6.66. The van der Waals surface area contributed by atoms with Crippen LogP contribution in [0.3, 0.4) is 0 Å². The lowest BCUT2D eigenvalue weighted by atomic mass is 10.0. The van der Waals surface area contributed by atoms with E-state index in [0.29, 0.717) is 26.1 Å². The van der Waals surface area contributed by atoms with Gasteiger partial charge in [0.05, 0.1) is 18.8 Å². The third kappa shape index (κ3) is 3.09. The Morgan fingerprint density at radius 2 is 2.04 bits per heavy atom. The molecule has 0 N–H and O–H groups in total. The van der Waals surface area contributed by atoms with Gasteiger partial charge in [-0.05, 0) is 43.5 Å². The molecular weight excluding hydrogens is 330 g/mol. The molecule has 0 atom stereocenters. The molecule has 0 bridgehead atoms. The molecule has 3 heterocycles. The molecule has 0 radical (unpaired) electrons. The Labute approximate surface area is 152 Å². The Morgan fingerprint density at radius 3 is 2.73 bits per heavy atom. The second kappa shape index (κ2) is 6.55.